The molecule has 150 valence electrons. The number of nitriles is 1. The van der Waals surface area contributed by atoms with E-state index in [1.165, 1.54) is 16.7 Å². The van der Waals surface area contributed by atoms with E-state index in [1.807, 2.05) is 20.8 Å². The summed E-state index contributed by atoms with van der Waals surface area (Å²) < 4.78 is 0. The molecule has 5 nitrogen and oxygen atoms in total. The van der Waals surface area contributed by atoms with E-state index in [0.29, 0.717) is 34.1 Å². The molecule has 0 N–H and O–H groups in total. The van der Waals surface area contributed by atoms with E-state index in [2.05, 4.69) is 11.1 Å². The molecule has 2 heterocycles. The number of halogens is 1. The van der Waals surface area contributed by atoms with Crippen molar-refractivity contribution in [2.45, 2.75) is 50.3 Å². The van der Waals surface area contributed by atoms with Gasteiger partial charge in [0.25, 0.3) is 5.91 Å². The number of nitrogens with zero attached hydrogens (tertiary/aromatic N) is 3. The van der Waals surface area contributed by atoms with Gasteiger partial charge in [-0.25, -0.2) is 4.98 Å². The number of aryl methyl sites for hydroxylation is 1. The van der Waals surface area contributed by atoms with E-state index < -0.39 is 5.25 Å². The molecule has 1 aliphatic heterocycles. The Morgan fingerprint density at radius 1 is 1.21 bits per heavy atom. The Kier molecular flexibility index (Phi) is 6.61. The number of likely N-dealkylation sites (tertiary alicyclic amines) is 1. The molecule has 29 heavy (non-hydrogen) atoms. The number of carbonyl (C=O) groups is 2. The first-order valence-corrected chi connectivity index (χ1v) is 10.7. The first-order valence-electron chi connectivity index (χ1n) is 9.49. The van der Waals surface area contributed by atoms with Crippen molar-refractivity contribution in [1.82, 2.24) is 9.88 Å². The van der Waals surface area contributed by atoms with Crippen LogP contribution in [0.1, 0.15) is 52.0 Å². The molecule has 1 fully saturated rings. The zero-order valence-corrected chi connectivity index (χ0v) is 18.2. The van der Waals surface area contributed by atoms with E-state index >= 15 is 0 Å². The summed E-state index contributed by atoms with van der Waals surface area (Å²) in [5, 5.41) is 10.3. The molecule has 2 aromatic rings. The molecule has 1 aliphatic rings. The molecule has 1 saturated heterocycles. The van der Waals surface area contributed by atoms with E-state index in [-0.39, 0.29) is 11.8 Å². The Balaban J connectivity index is 1.89. The van der Waals surface area contributed by atoms with Crippen LogP contribution in [0, 0.1) is 32.1 Å². The standard InChI is InChI=1S/C22H22ClN3O2S/c1-13-14(2)18(12-24)20(25-15(13)3)29-19-6-4-5-11-26(22(19)28)21(27)16-7-9-17(23)10-8-16/h7-10,19H,4-6,11H2,1-3H3. The first-order chi connectivity index (χ1) is 13.8. The summed E-state index contributed by atoms with van der Waals surface area (Å²) >= 11 is 7.20. The van der Waals surface area contributed by atoms with Gasteiger partial charge in [0, 0.05) is 22.8 Å². The van der Waals surface area contributed by atoms with Crippen LogP contribution in [-0.4, -0.2) is 33.5 Å². The predicted molar refractivity (Wildman–Crippen MR) is 114 cm³/mol. The fourth-order valence-corrected chi connectivity index (χ4v) is 4.74. The number of hydrogen-bond donors (Lipinski definition) is 0. The molecule has 1 atom stereocenters. The number of pyridine rings is 1. The highest BCUT2D eigenvalue weighted by Crippen LogP contribution is 2.34. The highest BCUT2D eigenvalue weighted by atomic mass is 35.5. The molecule has 0 aliphatic carbocycles. The van der Waals surface area contributed by atoms with Crippen LogP contribution < -0.4 is 0 Å². The molecule has 0 bridgehead atoms. The number of thioether (sulfide) groups is 1. The van der Waals surface area contributed by atoms with Crippen LogP contribution >= 0.6 is 23.4 Å². The number of hydrogen-bond acceptors (Lipinski definition) is 5. The van der Waals surface area contributed by atoms with Crippen LogP contribution in [0.25, 0.3) is 0 Å². The second-order valence-corrected chi connectivity index (χ2v) is 8.77. The van der Waals surface area contributed by atoms with Gasteiger partial charge in [0.05, 0.1) is 10.8 Å². The summed E-state index contributed by atoms with van der Waals surface area (Å²) in [5.74, 6) is -0.544. The number of imide groups is 1. The topological polar surface area (TPSA) is 74.1 Å². The molecule has 1 aromatic carbocycles. The fourth-order valence-electron chi connectivity index (χ4n) is 3.33. The minimum atomic E-state index is -0.449. The maximum Gasteiger partial charge on any atom is 0.260 e. The van der Waals surface area contributed by atoms with Crippen molar-refractivity contribution in [3.8, 4) is 6.07 Å². The van der Waals surface area contributed by atoms with E-state index in [0.717, 1.165) is 29.7 Å². The molecular weight excluding hydrogens is 406 g/mol. The van der Waals surface area contributed by atoms with Crippen LogP contribution in [0.3, 0.4) is 0 Å². The van der Waals surface area contributed by atoms with E-state index in [4.69, 9.17) is 11.6 Å². The normalized spacial score (nSPS) is 17.0. The van der Waals surface area contributed by atoms with Crippen molar-refractivity contribution in [2.75, 3.05) is 6.54 Å². The fraction of sp³-hybridized carbons (Fsp3) is 0.364. The number of benzene rings is 1. The summed E-state index contributed by atoms with van der Waals surface area (Å²) in [7, 11) is 0. The third-order valence-corrected chi connectivity index (χ3v) is 6.80. The van der Waals surface area contributed by atoms with Crippen LogP contribution in [-0.2, 0) is 4.79 Å². The molecular formula is C22H22ClN3O2S. The average Bonchev–Trinajstić information content (AvgIpc) is 2.88. The number of carbonyl (C=O) groups excluding carboxylic acids is 2. The average molecular weight is 428 g/mol. The van der Waals surface area contributed by atoms with Gasteiger partial charge in [-0.2, -0.15) is 5.26 Å². The number of aromatic nitrogens is 1. The van der Waals surface area contributed by atoms with Gasteiger partial charge in [0.2, 0.25) is 5.91 Å². The van der Waals surface area contributed by atoms with Crippen LogP contribution in [0.2, 0.25) is 5.02 Å². The van der Waals surface area contributed by atoms with Gasteiger partial charge in [-0.15, -0.1) is 0 Å². The summed E-state index contributed by atoms with van der Waals surface area (Å²) in [6.07, 6.45) is 2.23. The molecule has 1 aromatic heterocycles. The maximum absolute atomic E-state index is 13.2. The predicted octanol–water partition coefficient (Wildman–Crippen LogP) is 4.85. The Bertz CT molecular complexity index is 999. The van der Waals surface area contributed by atoms with Gasteiger partial charge in [0.1, 0.15) is 11.1 Å². The zero-order chi connectivity index (χ0) is 21.1. The van der Waals surface area contributed by atoms with Gasteiger partial charge in [0.15, 0.2) is 0 Å². The van der Waals surface area contributed by atoms with Crippen molar-refractivity contribution in [2.24, 2.45) is 0 Å². The van der Waals surface area contributed by atoms with Gasteiger partial charge in [-0.1, -0.05) is 29.8 Å². The molecule has 0 spiro atoms. The van der Waals surface area contributed by atoms with Crippen LogP contribution in [0.15, 0.2) is 29.3 Å². The van der Waals surface area contributed by atoms with Gasteiger partial charge in [-0.3, -0.25) is 14.5 Å². The quantitative estimate of drug-likeness (QED) is 0.655. The number of amides is 2. The second kappa shape index (κ2) is 8.98. The number of rotatable bonds is 3. The lowest BCUT2D eigenvalue weighted by Crippen LogP contribution is -2.41. The SMILES string of the molecule is Cc1nc(SC2CCCCN(C(=O)c3ccc(Cl)cc3)C2=O)c(C#N)c(C)c1C. The molecule has 1 unspecified atom stereocenters. The highest BCUT2D eigenvalue weighted by molar-refractivity contribution is 8.00. The summed E-state index contributed by atoms with van der Waals surface area (Å²) in [6, 6.07) is 8.78. The van der Waals surface area contributed by atoms with Crippen molar-refractivity contribution < 1.29 is 9.59 Å². The molecule has 7 heteroatoms. The van der Waals surface area contributed by atoms with Gasteiger partial charge < -0.3 is 0 Å². The highest BCUT2D eigenvalue weighted by Gasteiger charge is 2.33. The van der Waals surface area contributed by atoms with Crippen molar-refractivity contribution >= 4 is 35.2 Å². The zero-order valence-electron chi connectivity index (χ0n) is 16.7. The van der Waals surface area contributed by atoms with Gasteiger partial charge >= 0.3 is 0 Å². The maximum atomic E-state index is 13.2. The van der Waals surface area contributed by atoms with E-state index in [9.17, 15) is 14.9 Å². The minimum Gasteiger partial charge on any atom is -0.278 e. The Labute approximate surface area is 180 Å². The van der Waals surface area contributed by atoms with E-state index in [1.54, 1.807) is 24.3 Å². The Morgan fingerprint density at radius 2 is 1.90 bits per heavy atom. The summed E-state index contributed by atoms with van der Waals surface area (Å²) in [5.41, 5.74) is 3.66. The lowest BCUT2D eigenvalue weighted by atomic mass is 10.1. The Hall–Kier alpha value is -2.36. The van der Waals surface area contributed by atoms with Crippen LogP contribution in [0.5, 0.6) is 0 Å². The molecule has 0 radical (unpaired) electrons. The second-order valence-electron chi connectivity index (χ2n) is 7.14. The molecule has 0 saturated carbocycles. The first kappa shape index (κ1) is 21.4. The lowest BCUT2D eigenvalue weighted by molar-refractivity contribution is -0.127. The Morgan fingerprint density at radius 3 is 2.55 bits per heavy atom. The molecule has 3 rings (SSSR count). The largest absolute Gasteiger partial charge is 0.278 e. The van der Waals surface area contributed by atoms with Crippen molar-refractivity contribution in [1.29, 1.82) is 5.26 Å². The molecule has 2 amide bonds. The van der Waals surface area contributed by atoms with Gasteiger partial charge in [-0.05, 0) is 69.0 Å². The van der Waals surface area contributed by atoms with Crippen molar-refractivity contribution in [3.05, 3.63) is 57.2 Å². The van der Waals surface area contributed by atoms with Crippen LogP contribution in [0.4, 0.5) is 0 Å². The lowest BCUT2D eigenvalue weighted by Gasteiger charge is -2.23. The summed E-state index contributed by atoms with van der Waals surface area (Å²) in [4.78, 5) is 32.0. The minimum absolute atomic E-state index is 0.228. The smallest absolute Gasteiger partial charge is 0.260 e. The third-order valence-electron chi connectivity index (χ3n) is 5.30. The van der Waals surface area contributed by atoms with Crippen molar-refractivity contribution in [3.63, 3.8) is 0 Å². The monoisotopic (exact) mass is 427 g/mol. The summed E-state index contributed by atoms with van der Waals surface area (Å²) in [6.45, 7) is 6.13. The third kappa shape index (κ3) is 4.47.